The Morgan fingerprint density at radius 3 is 1.24 bits per heavy atom. The highest BCUT2D eigenvalue weighted by Gasteiger charge is 2.05. The first-order chi connectivity index (χ1) is 16.2. The van der Waals surface area contributed by atoms with E-state index in [1.807, 2.05) is 0 Å². The molecule has 0 fully saturated rings. The summed E-state index contributed by atoms with van der Waals surface area (Å²) in [5.41, 5.74) is 0.991. The highest BCUT2D eigenvalue weighted by atomic mass is 19.1. The highest BCUT2D eigenvalue weighted by Crippen LogP contribution is 2.21. The van der Waals surface area contributed by atoms with Crippen LogP contribution in [0, 0.1) is 11.6 Å². The van der Waals surface area contributed by atoms with Gasteiger partial charge in [-0.05, 0) is 60.7 Å². The monoisotopic (exact) mass is 446 g/mol. The zero-order valence-corrected chi connectivity index (χ0v) is 17.7. The Bertz CT molecular complexity index is 1070. The molecule has 7 heteroatoms. The van der Waals surface area contributed by atoms with Gasteiger partial charge in [0.15, 0.2) is 0 Å². The third-order valence-electron chi connectivity index (χ3n) is 4.80. The molecule has 0 saturated carbocycles. The van der Waals surface area contributed by atoms with Crippen LogP contribution in [0.5, 0.6) is 23.0 Å². The molecule has 0 amide bonds. The van der Waals surface area contributed by atoms with E-state index in [1.165, 1.54) is 12.1 Å². The van der Waals surface area contributed by atoms with Crippen molar-refractivity contribution in [2.24, 2.45) is 0 Å². The van der Waals surface area contributed by atoms with Gasteiger partial charge in [-0.25, -0.2) is 8.78 Å². The van der Waals surface area contributed by atoms with Gasteiger partial charge in [0.1, 0.15) is 47.8 Å². The molecule has 0 unspecified atom stereocenters. The molecule has 0 spiro atoms. The molecule has 0 bridgehead atoms. The minimum Gasteiger partial charge on any atom is -0.529 e. The molecule has 33 heavy (non-hydrogen) atoms. The maximum absolute atomic E-state index is 13.6. The summed E-state index contributed by atoms with van der Waals surface area (Å²) in [6.07, 6.45) is 0. The number of hydrogen-bond donors (Lipinski definition) is 0. The van der Waals surface area contributed by atoms with Crippen molar-refractivity contribution in [3.63, 3.8) is 0 Å². The second-order valence-corrected chi connectivity index (χ2v) is 7.11. The minimum absolute atomic E-state index is 0.0187. The maximum atomic E-state index is 13.6. The number of rotatable bonds is 10. The molecule has 0 radical (unpaired) electrons. The molecule has 0 heterocycles. The number of benzene rings is 4. The molecule has 4 rings (SSSR count). The summed E-state index contributed by atoms with van der Waals surface area (Å²) in [6, 6.07) is 27.0. The van der Waals surface area contributed by atoms with Crippen molar-refractivity contribution < 1.29 is 27.6 Å². The van der Waals surface area contributed by atoms with E-state index in [9.17, 15) is 8.78 Å². The first-order valence-electron chi connectivity index (χ1n) is 10.4. The van der Waals surface area contributed by atoms with Crippen molar-refractivity contribution in [2.75, 3.05) is 0 Å². The first kappa shape index (κ1) is 22.2. The molecule has 4 nitrogen and oxygen atoms in total. The molecule has 0 N–H and O–H groups in total. The average molecular weight is 446 g/mol. The van der Waals surface area contributed by atoms with E-state index in [-0.39, 0.29) is 32.5 Å². The summed E-state index contributed by atoms with van der Waals surface area (Å²) >= 11 is 0. The minimum atomic E-state index is -0.292. The number of hydrogen-bond acceptors (Lipinski definition) is 4. The van der Waals surface area contributed by atoms with Gasteiger partial charge in [-0.1, -0.05) is 36.4 Å². The molecular weight excluding hydrogens is 425 g/mol. The zero-order chi connectivity index (χ0) is 22.9. The lowest BCUT2D eigenvalue weighted by atomic mass is 10.2. The smallest absolute Gasteiger partial charge is 0.529 e. The van der Waals surface area contributed by atoms with E-state index in [1.54, 1.807) is 84.9 Å². The van der Waals surface area contributed by atoms with Crippen LogP contribution in [-0.2, 0) is 13.2 Å². The summed E-state index contributed by atoms with van der Waals surface area (Å²) in [7, 11) is 0.0187. The molecule has 166 valence electrons. The van der Waals surface area contributed by atoms with Crippen LogP contribution in [0.2, 0.25) is 0 Å². The molecule has 0 aliphatic heterocycles. The summed E-state index contributed by atoms with van der Waals surface area (Å²) < 4.78 is 49.7. The Hall–Kier alpha value is -4.00. The van der Waals surface area contributed by atoms with E-state index in [0.717, 1.165) is 0 Å². The van der Waals surface area contributed by atoms with Gasteiger partial charge in [-0.15, -0.1) is 0 Å². The van der Waals surface area contributed by atoms with Crippen molar-refractivity contribution in [1.29, 1.82) is 0 Å². The fourth-order valence-electron chi connectivity index (χ4n) is 2.98. The summed E-state index contributed by atoms with van der Waals surface area (Å²) in [5.74, 6) is 1.85. The molecule has 0 aliphatic rings. The second-order valence-electron chi connectivity index (χ2n) is 7.11. The summed E-state index contributed by atoms with van der Waals surface area (Å²) in [4.78, 5) is 0. The van der Waals surface area contributed by atoms with Gasteiger partial charge in [-0.3, -0.25) is 0 Å². The Morgan fingerprint density at radius 1 is 0.485 bits per heavy atom. The molecule has 4 aromatic carbocycles. The van der Waals surface area contributed by atoms with Crippen LogP contribution >= 0.6 is 0 Å². The van der Waals surface area contributed by atoms with Crippen molar-refractivity contribution >= 4 is 7.69 Å². The van der Waals surface area contributed by atoms with Gasteiger partial charge in [0, 0.05) is 11.1 Å². The number of ether oxygens (including phenoxy) is 2. The Kier molecular flexibility index (Phi) is 7.43. The molecule has 0 aromatic heterocycles. The Labute approximate surface area is 191 Å². The quantitative estimate of drug-likeness (QED) is 0.287. The SMILES string of the molecule is Fc1ccccc1COc1ccc(OBOc2ccc(OCc3ccccc3F)cc2)cc1. The molecule has 0 atom stereocenters. The lowest BCUT2D eigenvalue weighted by molar-refractivity contribution is 0.299. The fourth-order valence-corrected chi connectivity index (χ4v) is 2.98. The molecular formula is C26H21BF2O4. The highest BCUT2D eigenvalue weighted by molar-refractivity contribution is 6.20. The second kappa shape index (κ2) is 11.0. The van der Waals surface area contributed by atoms with Crippen LogP contribution in [0.15, 0.2) is 97.1 Å². The molecule has 0 aliphatic carbocycles. The fraction of sp³-hybridized carbons (Fsp3) is 0.0769. The lowest BCUT2D eigenvalue weighted by Crippen LogP contribution is -2.10. The van der Waals surface area contributed by atoms with E-state index >= 15 is 0 Å². The lowest BCUT2D eigenvalue weighted by Gasteiger charge is -2.10. The topological polar surface area (TPSA) is 36.9 Å². The normalized spacial score (nSPS) is 10.4. The standard InChI is InChI=1S/C26H21BF2O4/c28-25-7-3-1-5-19(25)17-30-21-9-13-23(14-10-21)32-27-33-24-15-11-22(12-16-24)31-18-20-6-2-4-8-26(20)29/h1-16,27H,17-18H2. The van der Waals surface area contributed by atoms with Crippen LogP contribution in [0.1, 0.15) is 11.1 Å². The van der Waals surface area contributed by atoms with Crippen molar-refractivity contribution in [3.05, 3.63) is 120 Å². The maximum Gasteiger partial charge on any atom is 0.576 e. The summed E-state index contributed by atoms with van der Waals surface area (Å²) in [5, 5.41) is 0. The summed E-state index contributed by atoms with van der Waals surface area (Å²) in [6.45, 7) is 0.298. The Morgan fingerprint density at radius 2 is 0.848 bits per heavy atom. The van der Waals surface area contributed by atoms with E-state index in [0.29, 0.717) is 34.1 Å². The van der Waals surface area contributed by atoms with Gasteiger partial charge < -0.3 is 18.8 Å². The predicted octanol–water partition coefficient (Wildman–Crippen LogP) is 5.85. The average Bonchev–Trinajstić information content (AvgIpc) is 2.85. The van der Waals surface area contributed by atoms with Gasteiger partial charge >= 0.3 is 7.69 Å². The van der Waals surface area contributed by atoms with Crippen molar-refractivity contribution in [1.82, 2.24) is 0 Å². The van der Waals surface area contributed by atoms with Crippen LogP contribution in [0.4, 0.5) is 8.78 Å². The van der Waals surface area contributed by atoms with E-state index < -0.39 is 0 Å². The van der Waals surface area contributed by atoms with Gasteiger partial charge in [0.05, 0.1) is 0 Å². The van der Waals surface area contributed by atoms with Crippen LogP contribution in [0.25, 0.3) is 0 Å². The van der Waals surface area contributed by atoms with Crippen LogP contribution in [0.3, 0.4) is 0 Å². The third-order valence-corrected chi connectivity index (χ3v) is 4.80. The van der Waals surface area contributed by atoms with Gasteiger partial charge in [0.2, 0.25) is 0 Å². The number of halogens is 2. The van der Waals surface area contributed by atoms with Crippen LogP contribution < -0.4 is 18.8 Å². The van der Waals surface area contributed by atoms with Crippen LogP contribution in [-0.4, -0.2) is 7.69 Å². The molecule has 0 saturated heterocycles. The largest absolute Gasteiger partial charge is 0.576 e. The third kappa shape index (κ3) is 6.49. The molecule has 4 aromatic rings. The van der Waals surface area contributed by atoms with Gasteiger partial charge in [-0.2, -0.15) is 0 Å². The van der Waals surface area contributed by atoms with Gasteiger partial charge in [0.25, 0.3) is 0 Å². The van der Waals surface area contributed by atoms with Crippen molar-refractivity contribution in [3.8, 4) is 23.0 Å². The predicted molar refractivity (Wildman–Crippen MR) is 123 cm³/mol. The van der Waals surface area contributed by atoms with Crippen molar-refractivity contribution in [2.45, 2.75) is 13.2 Å². The Balaban J connectivity index is 1.20. The zero-order valence-electron chi connectivity index (χ0n) is 17.7. The van der Waals surface area contributed by atoms with E-state index in [4.69, 9.17) is 18.8 Å². The van der Waals surface area contributed by atoms with E-state index in [2.05, 4.69) is 0 Å². The first-order valence-corrected chi connectivity index (χ1v) is 10.4.